The molecule has 0 amide bonds. The summed E-state index contributed by atoms with van der Waals surface area (Å²) in [5.74, 6) is -3.54. The number of hydrogen-bond acceptors (Lipinski definition) is 4. The fourth-order valence-corrected chi connectivity index (χ4v) is 0.270. The van der Waals surface area contributed by atoms with Gasteiger partial charge >= 0.3 is 11.9 Å². The van der Waals surface area contributed by atoms with Gasteiger partial charge in [0.25, 0.3) is 0 Å². The molecule has 0 aromatic heterocycles. The quantitative estimate of drug-likeness (QED) is 0.339. The first-order valence-electron chi connectivity index (χ1n) is 2.28. The van der Waals surface area contributed by atoms with Gasteiger partial charge in [-0.2, -0.15) is 0 Å². The fourth-order valence-electron chi connectivity index (χ4n) is 0.270. The van der Waals surface area contributed by atoms with Crippen molar-refractivity contribution in [2.75, 3.05) is 0 Å². The first-order chi connectivity index (χ1) is 4.46. The normalized spacial score (nSPS) is 13.2. The molecule has 0 saturated heterocycles. The van der Waals surface area contributed by atoms with E-state index in [1.165, 1.54) is 0 Å². The van der Waals surface area contributed by atoms with E-state index >= 15 is 0 Å². The third-order valence-electron chi connectivity index (χ3n) is 0.805. The van der Waals surface area contributed by atoms with E-state index in [0.717, 1.165) is 0 Å². The van der Waals surface area contributed by atoms with Crippen molar-refractivity contribution in [2.45, 2.75) is 12.2 Å². The van der Waals surface area contributed by atoms with Gasteiger partial charge in [-0.25, -0.2) is 9.59 Å². The second-order valence-corrected chi connectivity index (χ2v) is 1.57. The summed E-state index contributed by atoms with van der Waals surface area (Å²) in [6.07, 6.45) is -4.53. The lowest BCUT2D eigenvalue weighted by Gasteiger charge is -2.07. The summed E-state index contributed by atoms with van der Waals surface area (Å²) in [5.41, 5.74) is 0. The van der Waals surface area contributed by atoms with Crippen molar-refractivity contribution < 1.29 is 30.0 Å². The molecule has 0 aromatic rings. The van der Waals surface area contributed by atoms with Crippen LogP contribution in [0.15, 0.2) is 0 Å². The van der Waals surface area contributed by atoms with E-state index in [2.05, 4.69) is 0 Å². The van der Waals surface area contributed by atoms with Gasteiger partial charge in [-0.15, -0.1) is 0 Å². The van der Waals surface area contributed by atoms with Gasteiger partial charge in [-0.3, -0.25) is 0 Å². The van der Waals surface area contributed by atoms with E-state index in [9.17, 15) is 9.59 Å². The van der Waals surface area contributed by atoms with Gasteiger partial charge in [0.1, 0.15) is 0 Å². The van der Waals surface area contributed by atoms with E-state index in [0.29, 0.717) is 0 Å². The third-order valence-corrected chi connectivity index (χ3v) is 0.805. The van der Waals surface area contributed by atoms with E-state index in [1.807, 2.05) is 0 Å². The Hall–Kier alpha value is -1.01. The summed E-state index contributed by atoms with van der Waals surface area (Å²) in [4.78, 5) is 19.5. The van der Waals surface area contributed by atoms with Crippen LogP contribution in [0.5, 0.6) is 0 Å². The molecule has 0 aliphatic rings. The van der Waals surface area contributed by atoms with Crippen LogP contribution in [0.3, 0.4) is 0 Å². The zero-order valence-corrected chi connectivity index (χ0v) is 5.91. The van der Waals surface area contributed by atoms with E-state index in [4.69, 9.17) is 20.4 Å². The first-order valence-corrected chi connectivity index (χ1v) is 2.28. The SMILES string of the molecule is O=C(O)C(O)C(O)C(=O)O.[B].[B]. The number of aliphatic hydroxyl groups excluding tert-OH is 2. The molecule has 0 fully saturated rings. The molecule has 0 aliphatic carbocycles. The average Bonchev–Trinajstić information content (AvgIpc) is 1.84. The van der Waals surface area contributed by atoms with Crippen molar-refractivity contribution in [3.63, 3.8) is 0 Å². The molecule has 6 nitrogen and oxygen atoms in total. The lowest BCUT2D eigenvalue weighted by Crippen LogP contribution is -2.39. The van der Waals surface area contributed by atoms with Gasteiger partial charge in [0.15, 0.2) is 12.2 Å². The van der Waals surface area contributed by atoms with E-state index in [-0.39, 0.29) is 16.8 Å². The number of carboxylic acids is 2. The van der Waals surface area contributed by atoms with Gasteiger partial charge < -0.3 is 20.4 Å². The van der Waals surface area contributed by atoms with Crippen LogP contribution in [0, 0.1) is 0 Å². The Bertz CT molecular complexity index is 142. The standard InChI is InChI=1S/C4H6O6.2B/c5-1(3(7)8)2(6)4(9)10;;/h1-2,5-6H,(H,7,8)(H,9,10);;. The molecular weight excluding hydrogens is 166 g/mol. The summed E-state index contributed by atoms with van der Waals surface area (Å²) < 4.78 is 0. The molecule has 2 atom stereocenters. The van der Waals surface area contributed by atoms with Crippen LogP contribution < -0.4 is 0 Å². The molecule has 0 bridgehead atoms. The molecule has 6 radical (unpaired) electrons. The summed E-state index contributed by atoms with van der Waals surface area (Å²) in [6, 6.07) is 0. The summed E-state index contributed by atoms with van der Waals surface area (Å²) in [6.45, 7) is 0. The van der Waals surface area contributed by atoms with Gasteiger partial charge in [0.05, 0.1) is 0 Å². The Balaban J connectivity index is -0.000000405. The number of aliphatic hydroxyl groups is 2. The highest BCUT2D eigenvalue weighted by Gasteiger charge is 2.29. The Kier molecular flexibility index (Phi) is 9.57. The summed E-state index contributed by atoms with van der Waals surface area (Å²) in [7, 11) is 0. The number of carboxylic acid groups (broad SMARTS) is 2. The van der Waals surface area contributed by atoms with Gasteiger partial charge in [-0.05, 0) is 0 Å². The second kappa shape index (κ2) is 6.68. The minimum atomic E-state index is -2.27. The highest BCUT2D eigenvalue weighted by Crippen LogP contribution is 1.92. The predicted molar refractivity (Wildman–Crippen MR) is 38.8 cm³/mol. The molecular formula is C4H6B2O6. The summed E-state index contributed by atoms with van der Waals surface area (Å²) in [5, 5.41) is 32.5. The highest BCUT2D eigenvalue weighted by atomic mass is 16.4. The average molecular weight is 172 g/mol. The second-order valence-electron chi connectivity index (χ2n) is 1.57. The molecule has 0 saturated carbocycles. The minimum Gasteiger partial charge on any atom is -0.479 e. The van der Waals surface area contributed by atoms with Gasteiger partial charge in [0, 0.05) is 16.8 Å². The maximum Gasteiger partial charge on any atom is 0.335 e. The van der Waals surface area contributed by atoms with Crippen LogP contribution in [0.2, 0.25) is 0 Å². The van der Waals surface area contributed by atoms with Gasteiger partial charge in [-0.1, -0.05) is 0 Å². The zero-order chi connectivity index (χ0) is 8.31. The summed E-state index contributed by atoms with van der Waals surface area (Å²) >= 11 is 0. The van der Waals surface area contributed by atoms with Crippen LogP contribution >= 0.6 is 0 Å². The van der Waals surface area contributed by atoms with Crippen LogP contribution in [-0.4, -0.2) is 61.4 Å². The number of aliphatic carboxylic acids is 2. The third kappa shape index (κ3) is 4.75. The van der Waals surface area contributed by atoms with E-state index in [1.54, 1.807) is 0 Å². The van der Waals surface area contributed by atoms with Crippen LogP contribution in [0.4, 0.5) is 0 Å². The van der Waals surface area contributed by atoms with Crippen molar-refractivity contribution in [3.8, 4) is 0 Å². The Morgan fingerprint density at radius 1 is 0.833 bits per heavy atom. The smallest absolute Gasteiger partial charge is 0.335 e. The lowest BCUT2D eigenvalue weighted by atomic mass is 10.2. The maximum absolute atomic E-state index is 9.77. The van der Waals surface area contributed by atoms with Crippen molar-refractivity contribution in [3.05, 3.63) is 0 Å². The molecule has 0 aliphatic heterocycles. The molecule has 0 heterocycles. The van der Waals surface area contributed by atoms with Crippen LogP contribution in [-0.2, 0) is 9.59 Å². The topological polar surface area (TPSA) is 115 Å². The zero-order valence-electron chi connectivity index (χ0n) is 5.91. The maximum atomic E-state index is 9.77. The largest absolute Gasteiger partial charge is 0.479 e. The molecule has 4 N–H and O–H groups in total. The Labute approximate surface area is 72.0 Å². The fraction of sp³-hybridized carbons (Fsp3) is 0.500. The number of rotatable bonds is 3. The molecule has 2 unspecified atom stereocenters. The predicted octanol–water partition coefficient (Wildman–Crippen LogP) is -2.88. The molecule has 0 rings (SSSR count). The highest BCUT2D eigenvalue weighted by molar-refractivity contribution is 5.83. The molecule has 0 spiro atoms. The number of hydrogen-bond donors (Lipinski definition) is 4. The molecule has 0 aromatic carbocycles. The molecule has 12 heavy (non-hydrogen) atoms. The molecule has 64 valence electrons. The minimum absolute atomic E-state index is 0. The molecule has 8 heteroatoms. The Morgan fingerprint density at radius 2 is 1.00 bits per heavy atom. The van der Waals surface area contributed by atoms with Crippen molar-refractivity contribution in [1.82, 2.24) is 0 Å². The van der Waals surface area contributed by atoms with Crippen LogP contribution in [0.1, 0.15) is 0 Å². The van der Waals surface area contributed by atoms with Gasteiger partial charge in [0.2, 0.25) is 0 Å². The number of carbonyl (C=O) groups is 2. The van der Waals surface area contributed by atoms with Crippen molar-refractivity contribution in [1.29, 1.82) is 0 Å². The van der Waals surface area contributed by atoms with Crippen molar-refractivity contribution >= 4 is 28.8 Å². The lowest BCUT2D eigenvalue weighted by molar-refractivity contribution is -0.165. The van der Waals surface area contributed by atoms with Crippen LogP contribution in [0.25, 0.3) is 0 Å². The van der Waals surface area contributed by atoms with Crippen molar-refractivity contribution in [2.24, 2.45) is 0 Å². The van der Waals surface area contributed by atoms with E-state index < -0.39 is 24.1 Å². The Morgan fingerprint density at radius 3 is 1.08 bits per heavy atom. The monoisotopic (exact) mass is 172 g/mol. The first kappa shape index (κ1) is 17.2.